The van der Waals surface area contributed by atoms with Gasteiger partial charge in [-0.1, -0.05) is 23.7 Å². The van der Waals surface area contributed by atoms with E-state index in [2.05, 4.69) is 4.98 Å². The van der Waals surface area contributed by atoms with Gasteiger partial charge in [-0.25, -0.2) is 4.98 Å². The molecule has 1 aromatic heterocycles. The summed E-state index contributed by atoms with van der Waals surface area (Å²) < 4.78 is 0. The van der Waals surface area contributed by atoms with Crippen molar-refractivity contribution in [2.24, 2.45) is 0 Å². The van der Waals surface area contributed by atoms with Gasteiger partial charge in [0.25, 0.3) is 0 Å². The van der Waals surface area contributed by atoms with E-state index >= 15 is 0 Å². The molecule has 0 bridgehead atoms. The molecule has 80 valence electrons. The molecule has 0 aliphatic carbocycles. The molecule has 3 nitrogen and oxygen atoms in total. The van der Waals surface area contributed by atoms with E-state index < -0.39 is 0 Å². The van der Waals surface area contributed by atoms with Gasteiger partial charge in [-0.3, -0.25) is 4.79 Å². The number of pyridine rings is 1. The van der Waals surface area contributed by atoms with Gasteiger partial charge in [0.1, 0.15) is 5.82 Å². The summed E-state index contributed by atoms with van der Waals surface area (Å²) in [4.78, 5) is 15.9. The first-order valence-corrected chi connectivity index (χ1v) is 5.07. The number of rotatable bonds is 2. The van der Waals surface area contributed by atoms with Gasteiger partial charge in [-0.2, -0.15) is 0 Å². The highest BCUT2D eigenvalue weighted by atomic mass is 35.5. The quantitative estimate of drug-likeness (QED) is 0.810. The zero-order chi connectivity index (χ0) is 11.5. The van der Waals surface area contributed by atoms with E-state index in [1.54, 1.807) is 36.4 Å². The predicted octanol–water partition coefficient (Wildman–Crippen LogP) is 2.55. The molecule has 4 heteroatoms. The summed E-state index contributed by atoms with van der Waals surface area (Å²) in [5, 5.41) is 0.435. The average molecular weight is 233 g/mol. The summed E-state index contributed by atoms with van der Waals surface area (Å²) in [6.45, 7) is 0. The topological polar surface area (TPSA) is 56.0 Å². The number of hydrogen-bond acceptors (Lipinski definition) is 3. The van der Waals surface area contributed by atoms with Crippen LogP contribution in [0.25, 0.3) is 0 Å². The maximum absolute atomic E-state index is 12.0. The molecule has 16 heavy (non-hydrogen) atoms. The van der Waals surface area contributed by atoms with E-state index in [0.717, 1.165) is 0 Å². The number of halogens is 1. The lowest BCUT2D eigenvalue weighted by molar-refractivity contribution is 0.103. The molecule has 0 saturated heterocycles. The van der Waals surface area contributed by atoms with Crippen molar-refractivity contribution < 1.29 is 4.79 Å². The fourth-order valence-electron chi connectivity index (χ4n) is 1.34. The molecular formula is C12H9ClN2O. The number of nitrogens with two attached hydrogens (primary N) is 1. The highest BCUT2D eigenvalue weighted by Gasteiger charge is 2.12. The SMILES string of the molecule is Nc1ccc(C(=O)c2ccccc2Cl)cn1. The van der Waals surface area contributed by atoms with Crippen molar-refractivity contribution in [2.75, 3.05) is 5.73 Å². The molecule has 0 amide bonds. The number of carbonyl (C=O) groups is 1. The van der Waals surface area contributed by atoms with E-state index in [9.17, 15) is 4.79 Å². The summed E-state index contributed by atoms with van der Waals surface area (Å²) in [5.41, 5.74) is 6.39. The van der Waals surface area contributed by atoms with Gasteiger partial charge in [-0.15, -0.1) is 0 Å². The third-order valence-corrected chi connectivity index (χ3v) is 2.50. The number of nitrogen functional groups attached to an aromatic ring is 1. The normalized spacial score (nSPS) is 10.1. The van der Waals surface area contributed by atoms with E-state index in [0.29, 0.717) is 22.0 Å². The standard InChI is InChI=1S/C12H9ClN2O/c13-10-4-2-1-3-9(10)12(16)8-5-6-11(14)15-7-8/h1-7H,(H2,14,15). The molecule has 0 saturated carbocycles. The largest absolute Gasteiger partial charge is 0.384 e. The smallest absolute Gasteiger partial charge is 0.196 e. The fourth-order valence-corrected chi connectivity index (χ4v) is 1.56. The number of hydrogen-bond donors (Lipinski definition) is 1. The minimum absolute atomic E-state index is 0.155. The van der Waals surface area contributed by atoms with Crippen LogP contribution in [-0.4, -0.2) is 10.8 Å². The number of nitrogens with zero attached hydrogens (tertiary/aromatic N) is 1. The first kappa shape index (κ1) is 10.6. The number of ketones is 1. The highest BCUT2D eigenvalue weighted by Crippen LogP contribution is 2.18. The Bertz CT molecular complexity index is 523. The van der Waals surface area contributed by atoms with Crippen molar-refractivity contribution >= 4 is 23.2 Å². The van der Waals surface area contributed by atoms with E-state index in [-0.39, 0.29) is 5.78 Å². The van der Waals surface area contributed by atoms with Crippen LogP contribution < -0.4 is 5.73 Å². The Morgan fingerprint density at radius 3 is 2.56 bits per heavy atom. The van der Waals surface area contributed by atoms with Crippen LogP contribution >= 0.6 is 11.6 Å². The van der Waals surface area contributed by atoms with Crippen molar-refractivity contribution in [1.29, 1.82) is 0 Å². The highest BCUT2D eigenvalue weighted by molar-refractivity contribution is 6.34. The summed E-state index contributed by atoms with van der Waals surface area (Å²) in [7, 11) is 0. The molecule has 0 radical (unpaired) electrons. The van der Waals surface area contributed by atoms with Gasteiger partial charge in [0.2, 0.25) is 0 Å². The van der Waals surface area contributed by atoms with Crippen molar-refractivity contribution in [3.63, 3.8) is 0 Å². The molecule has 0 aliphatic heterocycles. The monoisotopic (exact) mass is 232 g/mol. The van der Waals surface area contributed by atoms with Crippen LogP contribution in [0.1, 0.15) is 15.9 Å². The second-order valence-corrected chi connectivity index (χ2v) is 3.69. The van der Waals surface area contributed by atoms with Gasteiger partial charge in [0, 0.05) is 17.3 Å². The summed E-state index contributed by atoms with van der Waals surface area (Å²) in [5.74, 6) is 0.230. The molecule has 0 unspecified atom stereocenters. The van der Waals surface area contributed by atoms with Crippen molar-refractivity contribution in [3.05, 3.63) is 58.7 Å². The maximum atomic E-state index is 12.0. The van der Waals surface area contributed by atoms with Crippen LogP contribution in [0.15, 0.2) is 42.6 Å². The van der Waals surface area contributed by atoms with Crippen LogP contribution in [0.3, 0.4) is 0 Å². The van der Waals surface area contributed by atoms with Crippen LogP contribution in [0.5, 0.6) is 0 Å². The number of carbonyl (C=O) groups excluding carboxylic acids is 1. The third-order valence-electron chi connectivity index (χ3n) is 2.17. The van der Waals surface area contributed by atoms with Crippen molar-refractivity contribution in [2.45, 2.75) is 0 Å². The number of anilines is 1. The summed E-state index contributed by atoms with van der Waals surface area (Å²) in [6.07, 6.45) is 1.45. The number of benzene rings is 1. The molecule has 0 aliphatic rings. The Hall–Kier alpha value is -1.87. The first-order valence-electron chi connectivity index (χ1n) is 4.69. The minimum atomic E-state index is -0.155. The predicted molar refractivity (Wildman–Crippen MR) is 63.5 cm³/mol. The van der Waals surface area contributed by atoms with Gasteiger partial charge in [0.05, 0.1) is 5.02 Å². The van der Waals surface area contributed by atoms with Gasteiger partial charge < -0.3 is 5.73 Å². The molecule has 2 N–H and O–H groups in total. The van der Waals surface area contributed by atoms with Crippen molar-refractivity contribution in [1.82, 2.24) is 4.98 Å². The fraction of sp³-hybridized carbons (Fsp3) is 0. The second-order valence-electron chi connectivity index (χ2n) is 3.28. The lowest BCUT2D eigenvalue weighted by Gasteiger charge is -2.02. The lowest BCUT2D eigenvalue weighted by Crippen LogP contribution is -2.03. The van der Waals surface area contributed by atoms with Crippen LogP contribution in [0.4, 0.5) is 5.82 Å². The summed E-state index contributed by atoms with van der Waals surface area (Å²) in [6, 6.07) is 10.1. The zero-order valence-electron chi connectivity index (χ0n) is 8.35. The molecule has 2 rings (SSSR count). The molecule has 0 spiro atoms. The van der Waals surface area contributed by atoms with Gasteiger partial charge in [0.15, 0.2) is 5.78 Å². The molecule has 0 fully saturated rings. The maximum Gasteiger partial charge on any atom is 0.196 e. The van der Waals surface area contributed by atoms with Crippen LogP contribution in [0, 0.1) is 0 Å². The number of aromatic nitrogens is 1. The Kier molecular flexibility index (Phi) is 2.88. The van der Waals surface area contributed by atoms with Gasteiger partial charge >= 0.3 is 0 Å². The summed E-state index contributed by atoms with van der Waals surface area (Å²) >= 11 is 5.93. The van der Waals surface area contributed by atoms with E-state index in [1.165, 1.54) is 6.20 Å². The molecule has 0 atom stereocenters. The third kappa shape index (κ3) is 2.04. The molecule has 1 aromatic carbocycles. The zero-order valence-corrected chi connectivity index (χ0v) is 9.11. The Labute approximate surface area is 97.9 Å². The van der Waals surface area contributed by atoms with Gasteiger partial charge in [-0.05, 0) is 24.3 Å². The van der Waals surface area contributed by atoms with E-state index in [4.69, 9.17) is 17.3 Å². The second kappa shape index (κ2) is 4.33. The first-order chi connectivity index (χ1) is 7.68. The molecule has 2 aromatic rings. The van der Waals surface area contributed by atoms with Crippen LogP contribution in [-0.2, 0) is 0 Å². The van der Waals surface area contributed by atoms with E-state index in [1.807, 2.05) is 0 Å². The average Bonchev–Trinajstić information content (AvgIpc) is 2.30. The Morgan fingerprint density at radius 1 is 1.19 bits per heavy atom. The Balaban J connectivity index is 2.40. The lowest BCUT2D eigenvalue weighted by atomic mass is 10.1. The minimum Gasteiger partial charge on any atom is -0.384 e. The van der Waals surface area contributed by atoms with Crippen LogP contribution in [0.2, 0.25) is 5.02 Å². The Morgan fingerprint density at radius 2 is 1.94 bits per heavy atom. The van der Waals surface area contributed by atoms with Crippen molar-refractivity contribution in [3.8, 4) is 0 Å². The molecule has 1 heterocycles. The molecular weight excluding hydrogens is 224 g/mol.